The Bertz CT molecular complexity index is 951. The molecule has 0 saturated heterocycles. The van der Waals surface area contributed by atoms with Crippen molar-refractivity contribution in [2.75, 3.05) is 0 Å². The van der Waals surface area contributed by atoms with Crippen LogP contribution in [0.3, 0.4) is 0 Å². The number of hydrogen-bond acceptors (Lipinski definition) is 4. The summed E-state index contributed by atoms with van der Waals surface area (Å²) in [6, 6.07) is 10.3. The molecular formula is C19H20N4O. The number of benzene rings is 1. The zero-order valence-corrected chi connectivity index (χ0v) is 14.3. The van der Waals surface area contributed by atoms with E-state index in [0.29, 0.717) is 5.71 Å². The van der Waals surface area contributed by atoms with E-state index in [-0.39, 0.29) is 0 Å². The number of fused-ring (bicyclic) bond motifs is 1. The van der Waals surface area contributed by atoms with Crippen LogP contribution in [0, 0.1) is 13.8 Å². The molecule has 5 heteroatoms. The second-order valence-electron chi connectivity index (χ2n) is 5.32. The van der Waals surface area contributed by atoms with E-state index >= 15 is 0 Å². The van der Waals surface area contributed by atoms with Crippen molar-refractivity contribution >= 4 is 11.1 Å². The fraction of sp³-hybridized carbons (Fsp3) is 0.211. The Hall–Kier alpha value is -2.95. The molecule has 0 atom stereocenters. The topological polar surface area (TPSA) is 67.6 Å². The van der Waals surface area contributed by atoms with E-state index in [4.69, 9.17) is 4.42 Å². The Morgan fingerprint density at radius 2 is 1.75 bits per heavy atom. The van der Waals surface area contributed by atoms with E-state index in [2.05, 4.69) is 51.4 Å². The summed E-state index contributed by atoms with van der Waals surface area (Å²) in [5.74, 6) is 0.817. The number of nitrogens with zero attached hydrogens (tertiary/aromatic N) is 3. The van der Waals surface area contributed by atoms with E-state index in [0.717, 1.165) is 33.7 Å². The third kappa shape index (κ3) is 2.80. The van der Waals surface area contributed by atoms with Crippen molar-refractivity contribution in [2.45, 2.75) is 27.7 Å². The minimum absolute atomic E-state index is 0.596. The molecule has 5 nitrogen and oxygen atoms in total. The third-order valence-electron chi connectivity index (χ3n) is 3.69. The zero-order valence-electron chi connectivity index (χ0n) is 14.3. The van der Waals surface area contributed by atoms with Crippen LogP contribution in [-0.2, 0) is 0 Å². The van der Waals surface area contributed by atoms with Crippen LogP contribution in [0.25, 0.3) is 33.6 Å². The predicted molar refractivity (Wildman–Crippen MR) is 95.6 cm³/mol. The molecule has 4 aromatic rings. The summed E-state index contributed by atoms with van der Waals surface area (Å²) in [7, 11) is 0. The number of H-pyrrole nitrogens is 1. The number of aromatic nitrogens is 4. The predicted octanol–water partition coefficient (Wildman–Crippen LogP) is 4.92. The van der Waals surface area contributed by atoms with Gasteiger partial charge in [-0.3, -0.25) is 5.10 Å². The molecule has 0 spiro atoms. The normalized spacial score (nSPS) is 10.5. The smallest absolute Gasteiger partial charge is 0.229 e. The lowest BCUT2D eigenvalue weighted by atomic mass is 10.0. The molecule has 1 aromatic carbocycles. The van der Waals surface area contributed by atoms with Crippen molar-refractivity contribution in [1.82, 2.24) is 20.2 Å². The third-order valence-corrected chi connectivity index (χ3v) is 3.69. The van der Waals surface area contributed by atoms with Gasteiger partial charge in [-0.05, 0) is 19.9 Å². The molecule has 4 rings (SSSR count). The highest BCUT2D eigenvalue weighted by Crippen LogP contribution is 2.33. The van der Waals surface area contributed by atoms with Crippen molar-refractivity contribution in [2.24, 2.45) is 0 Å². The van der Waals surface area contributed by atoms with Gasteiger partial charge in [0.15, 0.2) is 0 Å². The van der Waals surface area contributed by atoms with Gasteiger partial charge in [0.1, 0.15) is 12.1 Å². The molecule has 0 aliphatic rings. The molecule has 0 saturated carbocycles. The van der Waals surface area contributed by atoms with Crippen LogP contribution < -0.4 is 0 Å². The molecule has 0 unspecified atom stereocenters. The van der Waals surface area contributed by atoms with Crippen molar-refractivity contribution in [1.29, 1.82) is 0 Å². The highest BCUT2D eigenvalue weighted by molar-refractivity contribution is 5.94. The van der Waals surface area contributed by atoms with Crippen LogP contribution in [0.15, 0.2) is 47.3 Å². The van der Waals surface area contributed by atoms with E-state index in [9.17, 15) is 0 Å². The standard InChI is InChI=1S/C17H14N4O.C2H6/c1-10-3-5-12(6-4-10)15-14(8-20-21-15)16-13-7-11(2)22-17(13)19-9-18-16;1-2/h3-9H,1-2H3,(H,20,21);1-2H3. The highest BCUT2D eigenvalue weighted by Gasteiger charge is 2.16. The molecular weight excluding hydrogens is 300 g/mol. The van der Waals surface area contributed by atoms with Gasteiger partial charge in [0.05, 0.1) is 23.0 Å². The van der Waals surface area contributed by atoms with Crippen LogP contribution in [0.5, 0.6) is 0 Å². The fourth-order valence-electron chi connectivity index (χ4n) is 2.60. The summed E-state index contributed by atoms with van der Waals surface area (Å²) < 4.78 is 5.59. The summed E-state index contributed by atoms with van der Waals surface area (Å²) in [6.07, 6.45) is 3.31. The van der Waals surface area contributed by atoms with Crippen LogP contribution >= 0.6 is 0 Å². The number of aryl methyl sites for hydroxylation is 2. The Morgan fingerprint density at radius 3 is 2.50 bits per heavy atom. The maximum absolute atomic E-state index is 5.59. The van der Waals surface area contributed by atoms with Gasteiger partial charge in [-0.1, -0.05) is 43.7 Å². The quantitative estimate of drug-likeness (QED) is 0.569. The minimum Gasteiger partial charge on any atom is -0.443 e. The van der Waals surface area contributed by atoms with Gasteiger partial charge in [0.25, 0.3) is 0 Å². The Labute approximate surface area is 140 Å². The van der Waals surface area contributed by atoms with Gasteiger partial charge in [-0.25, -0.2) is 9.97 Å². The molecule has 122 valence electrons. The SMILES string of the molecule is CC.Cc1ccc(-c2[nH]ncc2-c2ncnc3oc(C)cc23)cc1. The second-order valence-corrected chi connectivity index (χ2v) is 5.32. The van der Waals surface area contributed by atoms with Gasteiger partial charge in [0.2, 0.25) is 5.71 Å². The van der Waals surface area contributed by atoms with Crippen molar-refractivity contribution in [3.8, 4) is 22.5 Å². The molecule has 0 aliphatic carbocycles. The first-order valence-electron chi connectivity index (χ1n) is 8.04. The number of hydrogen-bond donors (Lipinski definition) is 1. The van der Waals surface area contributed by atoms with Crippen molar-refractivity contribution < 1.29 is 4.42 Å². The fourth-order valence-corrected chi connectivity index (χ4v) is 2.60. The molecule has 1 N–H and O–H groups in total. The first-order chi connectivity index (χ1) is 11.7. The Morgan fingerprint density at radius 1 is 1.00 bits per heavy atom. The van der Waals surface area contributed by atoms with E-state index < -0.39 is 0 Å². The number of rotatable bonds is 2. The summed E-state index contributed by atoms with van der Waals surface area (Å²) in [6.45, 7) is 7.97. The molecule has 0 fully saturated rings. The molecule has 3 heterocycles. The Balaban J connectivity index is 0.000000815. The summed E-state index contributed by atoms with van der Waals surface area (Å²) in [4.78, 5) is 8.61. The molecule has 0 amide bonds. The van der Waals surface area contributed by atoms with Crippen LogP contribution in [0.2, 0.25) is 0 Å². The van der Waals surface area contributed by atoms with Crippen LogP contribution in [0.1, 0.15) is 25.2 Å². The first kappa shape index (κ1) is 15.9. The van der Waals surface area contributed by atoms with Gasteiger partial charge < -0.3 is 4.42 Å². The van der Waals surface area contributed by atoms with Crippen molar-refractivity contribution in [3.05, 3.63) is 54.2 Å². The van der Waals surface area contributed by atoms with Crippen molar-refractivity contribution in [3.63, 3.8) is 0 Å². The minimum atomic E-state index is 0.596. The van der Waals surface area contributed by atoms with Gasteiger partial charge in [-0.15, -0.1) is 0 Å². The number of furan rings is 1. The second kappa shape index (κ2) is 6.66. The van der Waals surface area contributed by atoms with Gasteiger partial charge >= 0.3 is 0 Å². The lowest BCUT2D eigenvalue weighted by molar-refractivity contribution is 0.567. The molecule has 0 bridgehead atoms. The average molecular weight is 320 g/mol. The van der Waals surface area contributed by atoms with Gasteiger partial charge in [0, 0.05) is 11.1 Å². The summed E-state index contributed by atoms with van der Waals surface area (Å²) >= 11 is 0. The number of nitrogens with one attached hydrogen (secondary N) is 1. The van der Waals surface area contributed by atoms with Crippen LogP contribution in [-0.4, -0.2) is 20.2 Å². The molecule has 0 radical (unpaired) electrons. The van der Waals surface area contributed by atoms with E-state index in [1.165, 1.54) is 11.9 Å². The zero-order chi connectivity index (χ0) is 17.1. The summed E-state index contributed by atoms with van der Waals surface area (Å²) in [5.41, 5.74) is 5.60. The molecule has 24 heavy (non-hydrogen) atoms. The van der Waals surface area contributed by atoms with E-state index in [1.807, 2.05) is 26.8 Å². The highest BCUT2D eigenvalue weighted by atomic mass is 16.3. The molecule has 3 aromatic heterocycles. The maximum Gasteiger partial charge on any atom is 0.229 e. The van der Waals surface area contributed by atoms with E-state index in [1.54, 1.807) is 6.20 Å². The van der Waals surface area contributed by atoms with Gasteiger partial charge in [-0.2, -0.15) is 5.10 Å². The largest absolute Gasteiger partial charge is 0.443 e. The first-order valence-corrected chi connectivity index (χ1v) is 8.04. The number of aromatic amines is 1. The van der Waals surface area contributed by atoms with Crippen LogP contribution in [0.4, 0.5) is 0 Å². The average Bonchev–Trinajstić information content (AvgIpc) is 3.22. The maximum atomic E-state index is 5.59. The lowest BCUT2D eigenvalue weighted by Crippen LogP contribution is -1.88. The molecule has 0 aliphatic heterocycles. The Kier molecular flexibility index (Phi) is 4.42. The summed E-state index contributed by atoms with van der Waals surface area (Å²) in [5, 5.41) is 8.16. The monoisotopic (exact) mass is 320 g/mol. The lowest BCUT2D eigenvalue weighted by Gasteiger charge is -2.04.